The van der Waals surface area contributed by atoms with Crippen LogP contribution < -0.4 is 10.6 Å². The van der Waals surface area contributed by atoms with Gasteiger partial charge in [0, 0.05) is 24.6 Å². The van der Waals surface area contributed by atoms with Gasteiger partial charge in [-0.2, -0.15) is 0 Å². The molecule has 0 saturated carbocycles. The first-order valence-corrected chi connectivity index (χ1v) is 7.32. The van der Waals surface area contributed by atoms with Crippen molar-refractivity contribution in [2.45, 2.75) is 19.8 Å². The van der Waals surface area contributed by atoms with Crippen LogP contribution >= 0.6 is 0 Å². The van der Waals surface area contributed by atoms with Gasteiger partial charge in [0.2, 0.25) is 0 Å². The highest BCUT2D eigenvalue weighted by atomic mass is 16.1. The number of aromatic nitrogens is 1. The fourth-order valence-corrected chi connectivity index (χ4v) is 2.16. The highest BCUT2D eigenvalue weighted by Crippen LogP contribution is 2.24. The predicted octanol–water partition coefficient (Wildman–Crippen LogP) is 4.06. The van der Waals surface area contributed by atoms with Gasteiger partial charge in [-0.25, -0.2) is 0 Å². The summed E-state index contributed by atoms with van der Waals surface area (Å²) in [5.41, 5.74) is 3.27. The van der Waals surface area contributed by atoms with E-state index in [-0.39, 0.29) is 5.91 Å². The van der Waals surface area contributed by atoms with Gasteiger partial charge < -0.3 is 10.6 Å². The topological polar surface area (TPSA) is 54.0 Å². The van der Waals surface area contributed by atoms with Crippen molar-refractivity contribution < 1.29 is 4.79 Å². The second-order valence-electron chi connectivity index (χ2n) is 5.33. The van der Waals surface area contributed by atoms with Crippen LogP contribution in [-0.4, -0.2) is 17.4 Å². The van der Waals surface area contributed by atoms with Crippen LogP contribution in [0.3, 0.4) is 0 Å². The van der Waals surface area contributed by atoms with Crippen molar-refractivity contribution in [3.8, 4) is 0 Å². The number of nitrogens with zero attached hydrogens (tertiary/aromatic N) is 1. The maximum atomic E-state index is 12.4. The van der Waals surface area contributed by atoms with E-state index in [1.54, 1.807) is 24.5 Å². The molecule has 2 aromatic rings. The molecule has 1 aromatic carbocycles. The lowest BCUT2D eigenvalue weighted by Gasteiger charge is -2.14. The van der Waals surface area contributed by atoms with Crippen LogP contribution in [0.1, 0.15) is 35.7 Å². The van der Waals surface area contributed by atoms with E-state index in [4.69, 9.17) is 0 Å². The molecule has 0 bridgehead atoms. The number of benzene rings is 1. The Kier molecular flexibility index (Phi) is 5.31. The second-order valence-corrected chi connectivity index (χ2v) is 5.33. The van der Waals surface area contributed by atoms with Gasteiger partial charge in [-0.1, -0.05) is 38.1 Å². The molecule has 22 heavy (non-hydrogen) atoms. The van der Waals surface area contributed by atoms with Crippen molar-refractivity contribution in [3.63, 3.8) is 0 Å². The van der Waals surface area contributed by atoms with Crippen molar-refractivity contribution in [2.75, 3.05) is 17.2 Å². The Morgan fingerprint density at radius 2 is 2.09 bits per heavy atom. The molecule has 0 unspecified atom stereocenters. The fourth-order valence-electron chi connectivity index (χ4n) is 2.16. The third kappa shape index (κ3) is 3.95. The number of pyridine rings is 1. The largest absolute Gasteiger partial charge is 0.380 e. The Bertz CT molecular complexity index is 665. The number of para-hydroxylation sites is 1. The van der Waals surface area contributed by atoms with E-state index in [0.29, 0.717) is 18.0 Å². The molecule has 1 heterocycles. The van der Waals surface area contributed by atoms with Crippen LogP contribution in [0.4, 0.5) is 11.4 Å². The lowest BCUT2D eigenvalue weighted by molar-refractivity contribution is 0.102. The van der Waals surface area contributed by atoms with Crippen molar-refractivity contribution in [1.29, 1.82) is 0 Å². The third-order valence-electron chi connectivity index (χ3n) is 3.28. The van der Waals surface area contributed by atoms with Gasteiger partial charge in [0.1, 0.15) is 0 Å². The van der Waals surface area contributed by atoms with Gasteiger partial charge in [0.15, 0.2) is 0 Å². The Morgan fingerprint density at radius 3 is 2.82 bits per heavy atom. The zero-order valence-corrected chi connectivity index (χ0v) is 13.0. The molecule has 4 nitrogen and oxygen atoms in total. The average Bonchev–Trinajstić information content (AvgIpc) is 2.53. The van der Waals surface area contributed by atoms with Crippen LogP contribution in [0.25, 0.3) is 0 Å². The summed E-state index contributed by atoms with van der Waals surface area (Å²) in [6.45, 7) is 8.49. The lowest BCUT2D eigenvalue weighted by atomic mass is 10.0. The molecular weight excluding hydrogens is 274 g/mol. The second kappa shape index (κ2) is 7.41. The minimum atomic E-state index is -0.164. The maximum absolute atomic E-state index is 12.4. The maximum Gasteiger partial charge on any atom is 0.257 e. The molecule has 1 amide bonds. The summed E-state index contributed by atoms with van der Waals surface area (Å²) >= 11 is 0. The summed E-state index contributed by atoms with van der Waals surface area (Å²) in [6.07, 6.45) is 5.00. The standard InChI is InChI=1S/C18H21N3O/c1-4-9-20-15-10-14(11-19-12-15)18(22)21-17-8-6-5-7-16(17)13(2)3/h4-8,10-13,20H,1,9H2,2-3H3,(H,21,22). The van der Waals surface area contributed by atoms with E-state index in [9.17, 15) is 4.79 Å². The van der Waals surface area contributed by atoms with E-state index in [0.717, 1.165) is 16.9 Å². The third-order valence-corrected chi connectivity index (χ3v) is 3.28. The van der Waals surface area contributed by atoms with Crippen LogP contribution in [0.2, 0.25) is 0 Å². The van der Waals surface area contributed by atoms with E-state index in [1.807, 2.05) is 24.3 Å². The molecule has 0 saturated heterocycles. The van der Waals surface area contributed by atoms with E-state index >= 15 is 0 Å². The molecular formula is C18H21N3O. The van der Waals surface area contributed by atoms with Crippen molar-refractivity contribution in [2.24, 2.45) is 0 Å². The summed E-state index contributed by atoms with van der Waals surface area (Å²) in [5.74, 6) is 0.179. The quantitative estimate of drug-likeness (QED) is 0.790. The average molecular weight is 295 g/mol. The normalized spacial score (nSPS) is 10.3. The molecule has 4 heteroatoms. The lowest BCUT2D eigenvalue weighted by Crippen LogP contribution is -2.14. The Hall–Kier alpha value is -2.62. The minimum absolute atomic E-state index is 0.164. The van der Waals surface area contributed by atoms with Crippen molar-refractivity contribution in [3.05, 3.63) is 66.5 Å². The molecule has 0 radical (unpaired) electrons. The molecule has 0 aliphatic rings. The van der Waals surface area contributed by atoms with E-state index in [2.05, 4.69) is 36.0 Å². The SMILES string of the molecule is C=CCNc1cncc(C(=O)Nc2ccccc2C(C)C)c1. The van der Waals surface area contributed by atoms with Gasteiger partial charge in [-0.05, 0) is 23.6 Å². The number of nitrogens with one attached hydrogen (secondary N) is 2. The first-order valence-electron chi connectivity index (χ1n) is 7.32. The number of amides is 1. The number of rotatable bonds is 6. The van der Waals surface area contributed by atoms with Gasteiger partial charge in [0.25, 0.3) is 5.91 Å². The number of carbonyl (C=O) groups excluding carboxylic acids is 1. The molecule has 114 valence electrons. The number of hydrogen-bond donors (Lipinski definition) is 2. The van der Waals surface area contributed by atoms with Crippen LogP contribution in [-0.2, 0) is 0 Å². The van der Waals surface area contributed by atoms with E-state index in [1.165, 1.54) is 0 Å². The number of anilines is 2. The number of hydrogen-bond acceptors (Lipinski definition) is 3. The van der Waals surface area contributed by atoms with Crippen molar-refractivity contribution in [1.82, 2.24) is 4.98 Å². The molecule has 0 fully saturated rings. The molecule has 1 aromatic heterocycles. The monoisotopic (exact) mass is 295 g/mol. The minimum Gasteiger partial charge on any atom is -0.380 e. The first kappa shape index (κ1) is 15.8. The molecule has 0 aliphatic heterocycles. The zero-order valence-electron chi connectivity index (χ0n) is 13.0. The highest BCUT2D eigenvalue weighted by Gasteiger charge is 2.11. The van der Waals surface area contributed by atoms with Gasteiger partial charge in [0.05, 0.1) is 11.3 Å². The van der Waals surface area contributed by atoms with Gasteiger partial charge in [-0.15, -0.1) is 6.58 Å². The van der Waals surface area contributed by atoms with Crippen molar-refractivity contribution >= 4 is 17.3 Å². The molecule has 0 aliphatic carbocycles. The van der Waals surface area contributed by atoms with Crippen LogP contribution in [0.15, 0.2) is 55.4 Å². The number of carbonyl (C=O) groups is 1. The highest BCUT2D eigenvalue weighted by molar-refractivity contribution is 6.05. The first-order chi connectivity index (χ1) is 10.6. The zero-order chi connectivity index (χ0) is 15.9. The Morgan fingerprint density at radius 1 is 1.32 bits per heavy atom. The molecule has 0 atom stereocenters. The van der Waals surface area contributed by atoms with Gasteiger partial charge >= 0.3 is 0 Å². The van der Waals surface area contributed by atoms with Crippen LogP contribution in [0.5, 0.6) is 0 Å². The smallest absolute Gasteiger partial charge is 0.257 e. The summed E-state index contributed by atoms with van der Waals surface area (Å²) in [6, 6.07) is 9.62. The fraction of sp³-hybridized carbons (Fsp3) is 0.222. The summed E-state index contributed by atoms with van der Waals surface area (Å²) in [5, 5.41) is 6.09. The Labute approximate surface area is 131 Å². The summed E-state index contributed by atoms with van der Waals surface area (Å²) < 4.78 is 0. The summed E-state index contributed by atoms with van der Waals surface area (Å²) in [4.78, 5) is 16.5. The molecule has 2 rings (SSSR count). The van der Waals surface area contributed by atoms with E-state index < -0.39 is 0 Å². The predicted molar refractivity (Wildman–Crippen MR) is 91.4 cm³/mol. The van der Waals surface area contributed by atoms with Gasteiger partial charge in [-0.3, -0.25) is 9.78 Å². The molecule has 2 N–H and O–H groups in total. The van der Waals surface area contributed by atoms with Crippen LogP contribution in [0, 0.1) is 0 Å². The summed E-state index contributed by atoms with van der Waals surface area (Å²) in [7, 11) is 0. The molecule has 0 spiro atoms. The Balaban J connectivity index is 2.17.